The number of carbonyl (C=O) groups is 2. The molecule has 22 heavy (non-hydrogen) atoms. The van der Waals surface area contributed by atoms with Gasteiger partial charge in [0.2, 0.25) is 11.8 Å². The maximum atomic E-state index is 12.1. The maximum absolute atomic E-state index is 12.1. The van der Waals surface area contributed by atoms with Crippen molar-refractivity contribution in [1.82, 2.24) is 10.3 Å². The van der Waals surface area contributed by atoms with Gasteiger partial charge in [-0.1, -0.05) is 20.8 Å². The Labute approximate surface area is 130 Å². The Kier molecular flexibility index (Phi) is 4.65. The number of rotatable bonds is 3. The van der Waals surface area contributed by atoms with Crippen molar-refractivity contribution in [3.63, 3.8) is 0 Å². The fourth-order valence-electron chi connectivity index (χ4n) is 2.09. The van der Waals surface area contributed by atoms with E-state index in [0.717, 1.165) is 6.54 Å². The average molecular weight is 305 g/mol. The molecule has 1 fully saturated rings. The molecule has 0 unspecified atom stereocenters. The molecule has 1 aromatic heterocycles. The van der Waals surface area contributed by atoms with Crippen molar-refractivity contribution in [2.45, 2.75) is 26.8 Å². The highest BCUT2D eigenvalue weighted by molar-refractivity contribution is 5.95. The number of nitrogens with one attached hydrogen (secondary N) is 2. The predicted octanol–water partition coefficient (Wildman–Crippen LogP) is 0.330. The van der Waals surface area contributed by atoms with Crippen LogP contribution in [-0.4, -0.2) is 42.5 Å². The Morgan fingerprint density at radius 3 is 2.73 bits per heavy atom. The molecule has 2 amide bonds. The van der Waals surface area contributed by atoms with Crippen molar-refractivity contribution >= 4 is 23.3 Å². The third-order valence-electron chi connectivity index (χ3n) is 3.59. The van der Waals surface area contributed by atoms with E-state index in [1.165, 1.54) is 0 Å². The molecule has 4 N–H and O–H groups in total. The highest BCUT2D eigenvalue weighted by atomic mass is 16.2. The largest absolute Gasteiger partial charge is 0.353 e. The predicted molar refractivity (Wildman–Crippen MR) is 85.5 cm³/mol. The van der Waals surface area contributed by atoms with Gasteiger partial charge in [0.05, 0.1) is 24.5 Å². The molecule has 120 valence electrons. The highest BCUT2D eigenvalue weighted by Gasteiger charge is 2.27. The van der Waals surface area contributed by atoms with Gasteiger partial charge in [-0.25, -0.2) is 4.98 Å². The summed E-state index contributed by atoms with van der Waals surface area (Å²) in [6.45, 7) is 7.38. The molecule has 1 atom stereocenters. The smallest absolute Gasteiger partial charge is 0.241 e. The molecule has 0 bridgehead atoms. The Morgan fingerprint density at radius 2 is 2.18 bits per heavy atom. The fraction of sp³-hybridized carbons (Fsp3) is 0.533. The van der Waals surface area contributed by atoms with Crippen LogP contribution in [-0.2, 0) is 9.59 Å². The first-order chi connectivity index (χ1) is 10.3. The van der Waals surface area contributed by atoms with Gasteiger partial charge in [-0.15, -0.1) is 0 Å². The summed E-state index contributed by atoms with van der Waals surface area (Å²) in [5.74, 6) is 0.467. The number of pyridine rings is 1. The summed E-state index contributed by atoms with van der Waals surface area (Å²) < 4.78 is 0. The van der Waals surface area contributed by atoms with Gasteiger partial charge >= 0.3 is 0 Å². The number of hydrogen-bond donors (Lipinski definition) is 3. The van der Waals surface area contributed by atoms with Crippen LogP contribution in [0.1, 0.15) is 20.8 Å². The highest BCUT2D eigenvalue weighted by Crippen LogP contribution is 2.20. The molecule has 0 spiro atoms. The number of aromatic nitrogens is 1. The first-order valence-electron chi connectivity index (χ1n) is 7.31. The lowest BCUT2D eigenvalue weighted by Crippen LogP contribution is -2.48. The Bertz CT molecular complexity index is 550. The molecule has 2 rings (SSSR count). The van der Waals surface area contributed by atoms with E-state index in [9.17, 15) is 9.59 Å². The lowest BCUT2D eigenvalue weighted by Gasteiger charge is -2.28. The van der Waals surface area contributed by atoms with Gasteiger partial charge in [0, 0.05) is 13.1 Å². The maximum Gasteiger partial charge on any atom is 0.241 e. The Balaban J connectivity index is 2.00. The standard InChI is InChI=1S/C15H23N5O2/c1-15(2,3)13(16)14(22)19-10-4-5-11(18-8-10)20-7-6-17-12(21)9-20/h4-5,8,13H,6-7,9,16H2,1-3H3,(H,17,21)(H,19,22)/t13-/m1/s1. The minimum atomic E-state index is -0.599. The van der Waals surface area contributed by atoms with E-state index in [-0.39, 0.29) is 17.2 Å². The zero-order chi connectivity index (χ0) is 16.3. The Morgan fingerprint density at radius 1 is 1.45 bits per heavy atom. The van der Waals surface area contributed by atoms with E-state index in [1.807, 2.05) is 25.7 Å². The summed E-state index contributed by atoms with van der Waals surface area (Å²) >= 11 is 0. The van der Waals surface area contributed by atoms with Crippen LogP contribution < -0.4 is 21.3 Å². The van der Waals surface area contributed by atoms with Gasteiger partial charge in [0.15, 0.2) is 0 Å². The van der Waals surface area contributed by atoms with E-state index in [1.54, 1.807) is 18.3 Å². The van der Waals surface area contributed by atoms with Crippen molar-refractivity contribution in [1.29, 1.82) is 0 Å². The summed E-state index contributed by atoms with van der Waals surface area (Å²) in [5, 5.41) is 5.53. The van der Waals surface area contributed by atoms with Crippen LogP contribution in [0.4, 0.5) is 11.5 Å². The van der Waals surface area contributed by atoms with E-state index in [2.05, 4.69) is 15.6 Å². The summed E-state index contributed by atoms with van der Waals surface area (Å²) in [6.07, 6.45) is 1.58. The number of hydrogen-bond acceptors (Lipinski definition) is 5. The van der Waals surface area contributed by atoms with Gasteiger partial charge < -0.3 is 21.3 Å². The number of nitrogens with two attached hydrogens (primary N) is 1. The van der Waals surface area contributed by atoms with Crippen LogP contribution in [0.25, 0.3) is 0 Å². The average Bonchev–Trinajstić information content (AvgIpc) is 2.46. The molecule has 7 heteroatoms. The molecule has 0 radical (unpaired) electrons. The monoisotopic (exact) mass is 305 g/mol. The molecule has 7 nitrogen and oxygen atoms in total. The molecule has 1 saturated heterocycles. The molecule has 1 aliphatic rings. The molecule has 1 aliphatic heterocycles. The first kappa shape index (κ1) is 16.2. The van der Waals surface area contributed by atoms with Gasteiger partial charge in [-0.05, 0) is 17.5 Å². The molecule has 0 aromatic carbocycles. The van der Waals surface area contributed by atoms with E-state index < -0.39 is 6.04 Å². The SMILES string of the molecule is CC(C)(C)[C@H](N)C(=O)Nc1ccc(N2CCNC(=O)C2)nc1. The topological polar surface area (TPSA) is 100 Å². The fourth-order valence-corrected chi connectivity index (χ4v) is 2.09. The zero-order valence-electron chi connectivity index (χ0n) is 13.2. The molecule has 1 aromatic rings. The van der Waals surface area contributed by atoms with Crippen molar-refractivity contribution < 1.29 is 9.59 Å². The lowest BCUT2D eigenvalue weighted by molar-refractivity contribution is -0.120. The number of carbonyl (C=O) groups excluding carboxylic acids is 2. The third-order valence-corrected chi connectivity index (χ3v) is 3.59. The van der Waals surface area contributed by atoms with Gasteiger partial charge in [0.25, 0.3) is 0 Å². The van der Waals surface area contributed by atoms with Crippen molar-refractivity contribution in [2.24, 2.45) is 11.1 Å². The van der Waals surface area contributed by atoms with Crippen LogP contribution in [0, 0.1) is 5.41 Å². The minimum Gasteiger partial charge on any atom is -0.353 e. The van der Waals surface area contributed by atoms with Crippen LogP contribution in [0.5, 0.6) is 0 Å². The number of nitrogens with zero attached hydrogens (tertiary/aromatic N) is 2. The molecule has 0 saturated carbocycles. The number of piperazine rings is 1. The van der Waals surface area contributed by atoms with Crippen molar-refractivity contribution in [3.05, 3.63) is 18.3 Å². The van der Waals surface area contributed by atoms with Gasteiger partial charge in [-0.3, -0.25) is 9.59 Å². The van der Waals surface area contributed by atoms with E-state index in [4.69, 9.17) is 5.73 Å². The quantitative estimate of drug-likeness (QED) is 0.747. The van der Waals surface area contributed by atoms with Crippen LogP contribution >= 0.6 is 0 Å². The third kappa shape index (κ3) is 3.94. The second-order valence-electron chi connectivity index (χ2n) is 6.51. The minimum absolute atomic E-state index is 0.0124. The summed E-state index contributed by atoms with van der Waals surface area (Å²) in [5.41, 5.74) is 6.20. The number of anilines is 2. The second-order valence-corrected chi connectivity index (χ2v) is 6.51. The first-order valence-corrected chi connectivity index (χ1v) is 7.31. The van der Waals surface area contributed by atoms with Crippen LogP contribution in [0.15, 0.2) is 18.3 Å². The summed E-state index contributed by atoms with van der Waals surface area (Å²) in [4.78, 5) is 29.6. The zero-order valence-corrected chi connectivity index (χ0v) is 13.2. The van der Waals surface area contributed by atoms with Gasteiger partial charge in [-0.2, -0.15) is 0 Å². The van der Waals surface area contributed by atoms with Crippen molar-refractivity contribution in [2.75, 3.05) is 29.9 Å². The lowest BCUT2D eigenvalue weighted by atomic mass is 9.87. The molecule has 2 heterocycles. The number of amides is 2. The molecular formula is C15H23N5O2. The normalized spacial score (nSPS) is 16.9. The second kappa shape index (κ2) is 6.31. The van der Waals surface area contributed by atoms with E-state index >= 15 is 0 Å². The van der Waals surface area contributed by atoms with E-state index in [0.29, 0.717) is 24.6 Å². The molecular weight excluding hydrogens is 282 g/mol. The summed E-state index contributed by atoms with van der Waals surface area (Å²) in [6, 6.07) is 2.96. The molecule has 0 aliphatic carbocycles. The van der Waals surface area contributed by atoms with Crippen LogP contribution in [0.2, 0.25) is 0 Å². The van der Waals surface area contributed by atoms with Crippen molar-refractivity contribution in [3.8, 4) is 0 Å². The van der Waals surface area contributed by atoms with Gasteiger partial charge in [0.1, 0.15) is 5.82 Å². The Hall–Kier alpha value is -2.15. The summed E-state index contributed by atoms with van der Waals surface area (Å²) in [7, 11) is 0. The van der Waals surface area contributed by atoms with Crippen LogP contribution in [0.3, 0.4) is 0 Å².